The number of aromatic carboxylic acids is 1. The molecule has 0 saturated heterocycles. The number of anilines is 1. The molecule has 0 fully saturated rings. The third kappa shape index (κ3) is 5.56. The molecule has 2 N–H and O–H groups in total. The van der Waals surface area contributed by atoms with Crippen LogP contribution in [0.1, 0.15) is 23.2 Å². The maximum Gasteiger partial charge on any atom is 0.340 e. The number of hydrogen-bond acceptors (Lipinski definition) is 4. The number of halogens is 4. The fourth-order valence-electron chi connectivity index (χ4n) is 1.99. The molecule has 0 aliphatic rings. The van der Waals surface area contributed by atoms with Crippen molar-refractivity contribution in [1.29, 1.82) is 0 Å². The molecule has 0 saturated carbocycles. The molecular formula is C13H15ClF3NO6S2. The molecule has 0 aromatic heterocycles. The molecule has 2 atom stereocenters. The number of benzene rings is 1. The maximum absolute atomic E-state index is 13.9. The summed E-state index contributed by atoms with van der Waals surface area (Å²) in [5, 5.41) is 8.25. The lowest BCUT2D eigenvalue weighted by atomic mass is 10.2. The molecule has 0 heterocycles. The first-order chi connectivity index (χ1) is 12.0. The number of carboxylic acids is 1. The second-order valence-electron chi connectivity index (χ2n) is 5.00. The number of alkyl halides is 2. The van der Waals surface area contributed by atoms with Gasteiger partial charge in [-0.3, -0.25) is 13.2 Å². The fourth-order valence-corrected chi connectivity index (χ4v) is 4.19. The molecule has 0 spiro atoms. The van der Waals surface area contributed by atoms with Gasteiger partial charge in [0.1, 0.15) is 11.4 Å². The lowest BCUT2D eigenvalue weighted by molar-refractivity contribution is 0.0692. The highest BCUT2D eigenvalue weighted by Crippen LogP contribution is 2.32. The van der Waals surface area contributed by atoms with E-state index in [1.807, 2.05) is 0 Å². The van der Waals surface area contributed by atoms with Crippen LogP contribution in [0.5, 0.6) is 0 Å². The summed E-state index contributed by atoms with van der Waals surface area (Å²) >= 11 is 2.93. The summed E-state index contributed by atoms with van der Waals surface area (Å²) in [5.74, 6) is -3.64. The van der Waals surface area contributed by atoms with E-state index in [1.54, 1.807) is 0 Å². The van der Waals surface area contributed by atoms with Crippen LogP contribution in [0.3, 0.4) is 0 Å². The minimum absolute atomic E-state index is 0.385. The van der Waals surface area contributed by atoms with Crippen molar-refractivity contribution in [2.75, 3.05) is 23.3 Å². The third-order valence-corrected chi connectivity index (χ3v) is 6.26. The van der Waals surface area contributed by atoms with Crippen LogP contribution in [0, 0.1) is 5.82 Å². The second-order valence-corrected chi connectivity index (χ2v) is 8.53. The van der Waals surface area contributed by atoms with Crippen molar-refractivity contribution < 1.29 is 40.3 Å². The first-order valence-corrected chi connectivity index (χ1v) is 10.2. The highest BCUT2D eigenvalue weighted by atomic mass is 35.5. The first kappa shape index (κ1) is 22.7. The van der Waals surface area contributed by atoms with Crippen molar-refractivity contribution in [2.24, 2.45) is 0 Å². The van der Waals surface area contributed by atoms with Gasteiger partial charge in [-0.1, -0.05) is 11.6 Å². The van der Waals surface area contributed by atoms with E-state index in [9.17, 15) is 35.1 Å². The molecular weight excluding hydrogens is 423 g/mol. The third-order valence-electron chi connectivity index (χ3n) is 3.25. The zero-order valence-electron chi connectivity index (χ0n) is 13.1. The highest BCUT2D eigenvalue weighted by Gasteiger charge is 2.28. The Bertz CT molecular complexity index is 792. The highest BCUT2D eigenvalue weighted by molar-refractivity contribution is 7.91. The van der Waals surface area contributed by atoms with Crippen molar-refractivity contribution in [3.8, 4) is 0 Å². The van der Waals surface area contributed by atoms with E-state index >= 15 is 0 Å². The van der Waals surface area contributed by atoms with Gasteiger partial charge in [0, 0.05) is 13.0 Å². The second kappa shape index (κ2) is 9.53. The molecule has 1 aromatic rings. The molecule has 13 heteroatoms. The van der Waals surface area contributed by atoms with Gasteiger partial charge >= 0.3 is 5.97 Å². The largest absolute Gasteiger partial charge is 0.478 e. The van der Waals surface area contributed by atoms with Crippen LogP contribution in [0.2, 0.25) is 5.02 Å². The summed E-state index contributed by atoms with van der Waals surface area (Å²) in [6, 6.07) is 1.60. The molecule has 26 heavy (non-hydrogen) atoms. The van der Waals surface area contributed by atoms with E-state index in [2.05, 4.69) is 0 Å². The standard InChI is InChI=1S/C13H15ClF3NO6S2/c14-12-9(3-2-8(16)11(12)13(19)20)18(25(21)22)6-4-10(17)26(23,24)7-1-5-15/h2-3,10H,1,4-7H2,(H,19,20)(H,21,22). The molecule has 0 radical (unpaired) electrons. The van der Waals surface area contributed by atoms with Gasteiger partial charge in [0.05, 0.1) is 23.1 Å². The SMILES string of the molecule is O=C(O)c1c(F)ccc(N(CCC(F)S(=O)(=O)CCCF)S(=O)O)c1Cl. The molecule has 2 unspecified atom stereocenters. The van der Waals surface area contributed by atoms with E-state index in [0.29, 0.717) is 10.4 Å². The van der Waals surface area contributed by atoms with Gasteiger partial charge in [0.2, 0.25) is 5.50 Å². The van der Waals surface area contributed by atoms with Crippen molar-refractivity contribution in [3.05, 3.63) is 28.5 Å². The van der Waals surface area contributed by atoms with Crippen LogP contribution < -0.4 is 4.31 Å². The number of sulfone groups is 1. The van der Waals surface area contributed by atoms with E-state index in [0.717, 1.165) is 6.07 Å². The van der Waals surface area contributed by atoms with Gasteiger partial charge in [-0.05, 0) is 18.6 Å². The summed E-state index contributed by atoms with van der Waals surface area (Å²) in [6.07, 6.45) is -1.15. The summed E-state index contributed by atoms with van der Waals surface area (Å²) in [7, 11) is -4.27. The van der Waals surface area contributed by atoms with Gasteiger partial charge in [-0.15, -0.1) is 0 Å². The summed E-state index contributed by atoms with van der Waals surface area (Å²) in [4.78, 5) is 11.0. The summed E-state index contributed by atoms with van der Waals surface area (Å²) in [6.45, 7) is -1.59. The molecule has 1 rings (SSSR count). The van der Waals surface area contributed by atoms with Gasteiger partial charge in [-0.25, -0.2) is 26.2 Å². The van der Waals surface area contributed by atoms with Crippen LogP contribution in [0.15, 0.2) is 12.1 Å². The maximum atomic E-state index is 13.9. The Kier molecular flexibility index (Phi) is 8.31. The van der Waals surface area contributed by atoms with E-state index in [1.165, 1.54) is 0 Å². The Labute approximate surface area is 155 Å². The lowest BCUT2D eigenvalue weighted by Crippen LogP contribution is -2.31. The van der Waals surface area contributed by atoms with Gasteiger partial charge < -0.3 is 5.11 Å². The average molecular weight is 438 g/mol. The molecule has 0 bridgehead atoms. The normalized spacial score (nSPS) is 14.0. The van der Waals surface area contributed by atoms with Crippen molar-refractivity contribution in [2.45, 2.75) is 18.3 Å². The molecule has 0 aliphatic carbocycles. The van der Waals surface area contributed by atoms with Crippen LogP contribution in [-0.4, -0.2) is 52.7 Å². The predicted molar refractivity (Wildman–Crippen MR) is 90.4 cm³/mol. The fraction of sp³-hybridized carbons (Fsp3) is 0.462. The Morgan fingerprint density at radius 2 is 2.00 bits per heavy atom. The number of carboxylic acid groups (broad SMARTS) is 1. The van der Waals surface area contributed by atoms with Gasteiger partial charge in [-0.2, -0.15) is 0 Å². The van der Waals surface area contributed by atoms with Crippen molar-refractivity contribution in [3.63, 3.8) is 0 Å². The molecule has 7 nitrogen and oxygen atoms in total. The van der Waals surface area contributed by atoms with E-state index in [-0.39, 0.29) is 12.1 Å². The summed E-state index contributed by atoms with van der Waals surface area (Å²) in [5.41, 5.74) is -3.77. The zero-order chi connectivity index (χ0) is 20.1. The lowest BCUT2D eigenvalue weighted by Gasteiger charge is -2.22. The average Bonchev–Trinajstić information content (AvgIpc) is 2.54. The molecule has 148 valence electrons. The Hall–Kier alpha value is -1.37. The smallest absolute Gasteiger partial charge is 0.340 e. The molecule has 0 aliphatic heterocycles. The number of hydrogen-bond donors (Lipinski definition) is 2. The van der Waals surface area contributed by atoms with Crippen LogP contribution in [0.4, 0.5) is 18.9 Å². The minimum Gasteiger partial charge on any atom is -0.478 e. The Morgan fingerprint density at radius 1 is 1.38 bits per heavy atom. The predicted octanol–water partition coefficient (Wildman–Crippen LogP) is 2.58. The molecule has 1 aromatic carbocycles. The van der Waals surface area contributed by atoms with Crippen LogP contribution in [-0.2, 0) is 21.1 Å². The van der Waals surface area contributed by atoms with Gasteiger partial charge in [0.15, 0.2) is 9.84 Å². The van der Waals surface area contributed by atoms with E-state index < -0.39 is 74.4 Å². The van der Waals surface area contributed by atoms with E-state index in [4.69, 9.17) is 16.7 Å². The minimum atomic E-state index is -4.27. The van der Waals surface area contributed by atoms with Crippen molar-refractivity contribution in [1.82, 2.24) is 0 Å². The van der Waals surface area contributed by atoms with Crippen LogP contribution >= 0.6 is 11.6 Å². The van der Waals surface area contributed by atoms with Gasteiger partial charge in [0.25, 0.3) is 11.3 Å². The monoisotopic (exact) mass is 437 g/mol. The zero-order valence-corrected chi connectivity index (χ0v) is 15.5. The number of nitrogens with zero attached hydrogens (tertiary/aromatic N) is 1. The molecule has 0 amide bonds. The summed E-state index contributed by atoms with van der Waals surface area (Å²) < 4.78 is 84.0. The Balaban J connectivity index is 3.07. The van der Waals surface area contributed by atoms with Crippen LogP contribution in [0.25, 0.3) is 0 Å². The topological polar surface area (TPSA) is 112 Å². The quantitative estimate of drug-likeness (QED) is 0.544. The number of rotatable bonds is 10. The van der Waals surface area contributed by atoms with Crippen molar-refractivity contribution >= 4 is 44.4 Å². The first-order valence-electron chi connectivity index (χ1n) is 7.04. The Morgan fingerprint density at radius 3 is 2.50 bits per heavy atom. The number of carbonyl (C=O) groups is 1.